The Morgan fingerprint density at radius 1 is 1.06 bits per heavy atom. The molecule has 1 aromatic heterocycles. The number of nitrogens with zero attached hydrogens (tertiary/aromatic N) is 4. The Bertz CT molecular complexity index is 1260. The fraction of sp³-hybridized carbons (Fsp3) is 0.423. The van der Waals surface area contributed by atoms with E-state index in [0.29, 0.717) is 13.1 Å². The number of hydrogen-bond acceptors (Lipinski definition) is 5. The minimum Gasteiger partial charge on any atom is -0.395 e. The van der Waals surface area contributed by atoms with Gasteiger partial charge in [0.25, 0.3) is 10.0 Å². The Morgan fingerprint density at radius 3 is 2.50 bits per heavy atom. The van der Waals surface area contributed by atoms with Crippen molar-refractivity contribution in [1.82, 2.24) is 18.8 Å². The van der Waals surface area contributed by atoms with Crippen molar-refractivity contribution in [2.24, 2.45) is 7.05 Å². The van der Waals surface area contributed by atoms with E-state index in [9.17, 15) is 13.5 Å². The van der Waals surface area contributed by atoms with Crippen molar-refractivity contribution in [2.75, 3.05) is 26.2 Å². The highest BCUT2D eigenvalue weighted by Gasteiger charge is 2.50. The number of hydrogen-bond donors (Lipinski definition) is 1. The number of aliphatic hydroxyl groups excluding tert-OH is 1. The van der Waals surface area contributed by atoms with Crippen LogP contribution in [-0.2, 0) is 17.1 Å². The van der Waals surface area contributed by atoms with Crippen LogP contribution in [0.15, 0.2) is 66.1 Å². The number of aliphatic hydroxyl groups is 1. The molecule has 3 heterocycles. The number of aromatic nitrogens is 2. The molecule has 0 radical (unpaired) electrons. The van der Waals surface area contributed by atoms with Gasteiger partial charge in [-0.05, 0) is 43.0 Å². The summed E-state index contributed by atoms with van der Waals surface area (Å²) in [5.41, 5.74) is 4.70. The van der Waals surface area contributed by atoms with E-state index < -0.39 is 10.0 Å². The molecular weight excluding hydrogens is 448 g/mol. The lowest BCUT2D eigenvalue weighted by Gasteiger charge is -2.57. The zero-order valence-corrected chi connectivity index (χ0v) is 20.5. The van der Waals surface area contributed by atoms with Crippen LogP contribution in [0, 0.1) is 6.92 Å². The highest BCUT2D eigenvalue weighted by Crippen LogP contribution is 2.43. The normalized spacial score (nSPS) is 24.1. The Labute approximate surface area is 201 Å². The van der Waals surface area contributed by atoms with Crippen LogP contribution in [0.3, 0.4) is 0 Å². The van der Waals surface area contributed by atoms with E-state index in [1.54, 1.807) is 22.1 Å². The molecule has 0 saturated carbocycles. The monoisotopic (exact) mass is 480 g/mol. The maximum absolute atomic E-state index is 13.3. The van der Waals surface area contributed by atoms with Gasteiger partial charge in [-0.1, -0.05) is 54.1 Å². The quantitative estimate of drug-likeness (QED) is 0.607. The summed E-state index contributed by atoms with van der Waals surface area (Å²) in [6.45, 7) is 3.93. The van der Waals surface area contributed by atoms with Crippen LogP contribution in [0.5, 0.6) is 0 Å². The summed E-state index contributed by atoms with van der Waals surface area (Å²) in [6, 6.07) is 17.0. The first-order chi connectivity index (χ1) is 16.4. The molecule has 7 nitrogen and oxygen atoms in total. The number of imidazole rings is 1. The van der Waals surface area contributed by atoms with Gasteiger partial charge in [0, 0.05) is 44.3 Å². The molecular formula is C26H32N4O3S. The molecule has 2 aliphatic heterocycles. The molecule has 2 fully saturated rings. The molecule has 180 valence electrons. The summed E-state index contributed by atoms with van der Waals surface area (Å²) in [5.74, 6) is 0.0797. The van der Waals surface area contributed by atoms with Gasteiger partial charge in [-0.3, -0.25) is 4.90 Å². The number of aryl methyl sites for hydroxylation is 2. The van der Waals surface area contributed by atoms with E-state index in [1.807, 2.05) is 0 Å². The lowest BCUT2D eigenvalue weighted by Crippen LogP contribution is -2.67. The molecule has 3 atom stereocenters. The van der Waals surface area contributed by atoms with Gasteiger partial charge in [0.1, 0.15) is 0 Å². The zero-order chi connectivity index (χ0) is 23.9. The average Bonchev–Trinajstić information content (AvgIpc) is 3.25. The third-order valence-corrected chi connectivity index (χ3v) is 9.02. The highest BCUT2D eigenvalue weighted by molar-refractivity contribution is 7.89. The van der Waals surface area contributed by atoms with Crippen LogP contribution in [0.25, 0.3) is 11.1 Å². The molecule has 2 aromatic carbocycles. The number of fused-ring (bicyclic) bond motifs is 1. The SMILES string of the molecule is Cc1cccc(-c2ccc([C@@H]3[C@H]4CN(S(=O)(=O)c5cn(C)cn5)CCCCN4[C@H]3CO)cc2)c1. The summed E-state index contributed by atoms with van der Waals surface area (Å²) in [6.07, 6.45) is 4.78. The van der Waals surface area contributed by atoms with Crippen LogP contribution >= 0.6 is 0 Å². The van der Waals surface area contributed by atoms with Crippen molar-refractivity contribution in [3.8, 4) is 11.1 Å². The van der Waals surface area contributed by atoms with Crippen molar-refractivity contribution < 1.29 is 13.5 Å². The molecule has 8 heteroatoms. The standard InChI is InChI=1S/C26H32N4O3S/c1-19-6-5-7-22(14-19)20-8-10-21(11-9-20)26-23-15-29(12-3-4-13-30(23)24(26)17-31)34(32,33)25-16-28(2)18-27-25/h5-11,14,16,18,23-24,26,31H,3-4,12-13,15,17H2,1-2H3/t23-,24+,26-/m1/s1. The van der Waals surface area contributed by atoms with Gasteiger partial charge in [-0.25, -0.2) is 13.4 Å². The smallest absolute Gasteiger partial charge is 0.262 e. The maximum atomic E-state index is 13.3. The average molecular weight is 481 g/mol. The fourth-order valence-corrected chi connectivity index (χ4v) is 6.97. The number of sulfonamides is 1. The second-order valence-corrected chi connectivity index (χ2v) is 11.4. The largest absolute Gasteiger partial charge is 0.395 e. The Kier molecular flexibility index (Phi) is 6.33. The predicted octanol–water partition coefficient (Wildman–Crippen LogP) is 3.01. The lowest BCUT2D eigenvalue weighted by molar-refractivity contribution is -0.0554. The minimum absolute atomic E-state index is 0.00678. The molecule has 2 saturated heterocycles. The number of benzene rings is 2. The lowest BCUT2D eigenvalue weighted by atomic mass is 9.74. The topological polar surface area (TPSA) is 78.7 Å². The highest BCUT2D eigenvalue weighted by atomic mass is 32.2. The van der Waals surface area contributed by atoms with Gasteiger partial charge in [-0.15, -0.1) is 0 Å². The van der Waals surface area contributed by atoms with Crippen molar-refractivity contribution in [3.05, 3.63) is 72.2 Å². The molecule has 1 N–H and O–H groups in total. The van der Waals surface area contributed by atoms with Crippen LogP contribution < -0.4 is 0 Å². The fourth-order valence-electron chi connectivity index (χ4n) is 5.50. The van der Waals surface area contributed by atoms with Gasteiger partial charge < -0.3 is 9.67 Å². The van der Waals surface area contributed by atoms with Crippen molar-refractivity contribution in [1.29, 1.82) is 0 Å². The van der Waals surface area contributed by atoms with Crippen LogP contribution in [0.2, 0.25) is 0 Å². The first kappa shape index (κ1) is 23.2. The van der Waals surface area contributed by atoms with Gasteiger partial charge in [0.2, 0.25) is 0 Å². The second kappa shape index (κ2) is 9.26. The molecule has 34 heavy (non-hydrogen) atoms. The summed E-state index contributed by atoms with van der Waals surface area (Å²) in [7, 11) is -1.89. The van der Waals surface area contributed by atoms with E-state index in [1.165, 1.54) is 17.5 Å². The minimum atomic E-state index is -3.67. The van der Waals surface area contributed by atoms with Gasteiger partial charge in [0.15, 0.2) is 5.03 Å². The van der Waals surface area contributed by atoms with Crippen molar-refractivity contribution in [2.45, 2.75) is 42.8 Å². The third-order valence-electron chi connectivity index (χ3n) is 7.27. The zero-order valence-electron chi connectivity index (χ0n) is 19.7. The van der Waals surface area contributed by atoms with Gasteiger partial charge >= 0.3 is 0 Å². The van der Waals surface area contributed by atoms with Gasteiger partial charge in [0.05, 0.1) is 12.9 Å². The van der Waals surface area contributed by atoms with E-state index in [-0.39, 0.29) is 29.6 Å². The Morgan fingerprint density at radius 2 is 1.82 bits per heavy atom. The molecule has 0 bridgehead atoms. The molecule has 3 aromatic rings. The van der Waals surface area contributed by atoms with Crippen molar-refractivity contribution in [3.63, 3.8) is 0 Å². The molecule has 0 unspecified atom stereocenters. The number of rotatable bonds is 5. The van der Waals surface area contributed by atoms with Crippen molar-refractivity contribution >= 4 is 10.0 Å². The Balaban J connectivity index is 1.42. The van der Waals surface area contributed by atoms with Crippen LogP contribution in [0.4, 0.5) is 0 Å². The third kappa shape index (κ3) is 4.20. The molecule has 5 rings (SSSR count). The van der Waals surface area contributed by atoms with Crippen LogP contribution in [0.1, 0.15) is 29.9 Å². The molecule has 0 spiro atoms. The first-order valence-electron chi connectivity index (χ1n) is 11.9. The maximum Gasteiger partial charge on any atom is 0.262 e. The summed E-state index contributed by atoms with van der Waals surface area (Å²) < 4.78 is 29.9. The van der Waals surface area contributed by atoms with Crippen LogP contribution in [-0.4, -0.2) is 70.6 Å². The second-order valence-electron chi connectivity index (χ2n) is 9.52. The van der Waals surface area contributed by atoms with E-state index in [0.717, 1.165) is 30.5 Å². The van der Waals surface area contributed by atoms with E-state index >= 15 is 0 Å². The summed E-state index contributed by atoms with van der Waals surface area (Å²) >= 11 is 0. The molecule has 0 aliphatic carbocycles. The van der Waals surface area contributed by atoms with E-state index in [2.05, 4.69) is 65.3 Å². The molecule has 0 amide bonds. The Hall–Kier alpha value is -2.52. The molecule has 2 aliphatic rings. The van der Waals surface area contributed by atoms with E-state index in [4.69, 9.17) is 0 Å². The van der Waals surface area contributed by atoms with Gasteiger partial charge in [-0.2, -0.15) is 4.31 Å². The first-order valence-corrected chi connectivity index (χ1v) is 13.3. The summed E-state index contributed by atoms with van der Waals surface area (Å²) in [5, 5.41) is 10.3. The predicted molar refractivity (Wildman–Crippen MR) is 132 cm³/mol. The summed E-state index contributed by atoms with van der Waals surface area (Å²) in [4.78, 5) is 6.40.